The molecular formula is C14H15BrN2. The smallest absolute Gasteiger partial charge is 0.0592 e. The van der Waals surface area contributed by atoms with Crippen molar-refractivity contribution in [2.45, 2.75) is 13.5 Å². The quantitative estimate of drug-likeness (QED) is 0.855. The maximum Gasteiger partial charge on any atom is 0.0592 e. The van der Waals surface area contributed by atoms with Crippen LogP contribution in [0.4, 0.5) is 5.69 Å². The molecule has 17 heavy (non-hydrogen) atoms. The first-order chi connectivity index (χ1) is 8.18. The third-order valence-corrected chi connectivity index (χ3v) is 3.44. The minimum Gasteiger partial charge on any atom is -0.369 e. The Hall–Kier alpha value is -1.35. The highest BCUT2D eigenvalue weighted by Gasteiger charge is 2.07. The molecule has 2 rings (SSSR count). The van der Waals surface area contributed by atoms with Crippen LogP contribution in [0, 0.1) is 6.92 Å². The molecule has 2 aromatic rings. The van der Waals surface area contributed by atoms with E-state index in [0.29, 0.717) is 0 Å². The molecule has 1 aromatic heterocycles. The predicted octanol–water partition coefficient (Wildman–Crippen LogP) is 3.79. The van der Waals surface area contributed by atoms with E-state index in [2.05, 4.69) is 64.1 Å². The van der Waals surface area contributed by atoms with Crippen LogP contribution in [-0.2, 0) is 6.54 Å². The van der Waals surface area contributed by atoms with Gasteiger partial charge in [-0.2, -0.15) is 0 Å². The molecular weight excluding hydrogens is 276 g/mol. The monoisotopic (exact) mass is 290 g/mol. The summed E-state index contributed by atoms with van der Waals surface area (Å²) in [6, 6.07) is 10.5. The van der Waals surface area contributed by atoms with E-state index in [1.54, 1.807) is 0 Å². The van der Waals surface area contributed by atoms with Gasteiger partial charge in [-0.25, -0.2) is 0 Å². The molecule has 0 unspecified atom stereocenters. The number of aryl methyl sites for hydroxylation is 1. The molecule has 1 heterocycles. The molecule has 0 bridgehead atoms. The molecule has 0 aliphatic heterocycles. The van der Waals surface area contributed by atoms with E-state index in [1.165, 1.54) is 11.1 Å². The van der Waals surface area contributed by atoms with Crippen molar-refractivity contribution >= 4 is 21.6 Å². The molecule has 0 atom stereocenters. The van der Waals surface area contributed by atoms with E-state index >= 15 is 0 Å². The molecule has 88 valence electrons. The number of aromatic nitrogens is 1. The van der Waals surface area contributed by atoms with Crippen LogP contribution < -0.4 is 4.90 Å². The molecule has 3 heteroatoms. The number of halogens is 1. The Morgan fingerprint density at radius 1 is 1.24 bits per heavy atom. The SMILES string of the molecule is Cc1ccccc1CN(C)c1ccncc1Br. The third-order valence-electron chi connectivity index (χ3n) is 2.83. The second-order valence-corrected chi connectivity index (χ2v) is 4.96. The molecule has 0 aliphatic carbocycles. The molecule has 0 fully saturated rings. The second-order valence-electron chi connectivity index (χ2n) is 4.11. The van der Waals surface area contributed by atoms with Crippen molar-refractivity contribution in [1.82, 2.24) is 4.98 Å². The number of benzene rings is 1. The van der Waals surface area contributed by atoms with E-state index in [-0.39, 0.29) is 0 Å². The van der Waals surface area contributed by atoms with Crippen LogP contribution in [0.15, 0.2) is 47.2 Å². The van der Waals surface area contributed by atoms with Crippen molar-refractivity contribution in [3.8, 4) is 0 Å². The number of pyridine rings is 1. The van der Waals surface area contributed by atoms with Crippen LogP contribution in [0.5, 0.6) is 0 Å². The van der Waals surface area contributed by atoms with Gasteiger partial charge in [-0.05, 0) is 40.0 Å². The van der Waals surface area contributed by atoms with Gasteiger partial charge in [-0.15, -0.1) is 0 Å². The van der Waals surface area contributed by atoms with E-state index in [4.69, 9.17) is 0 Å². The number of anilines is 1. The zero-order valence-electron chi connectivity index (χ0n) is 10.0. The average Bonchev–Trinajstić information content (AvgIpc) is 2.32. The highest BCUT2D eigenvalue weighted by atomic mass is 79.9. The second kappa shape index (κ2) is 5.32. The molecule has 2 nitrogen and oxygen atoms in total. The normalized spacial score (nSPS) is 10.3. The minimum absolute atomic E-state index is 0.898. The van der Waals surface area contributed by atoms with E-state index in [9.17, 15) is 0 Å². The Labute approximate surface area is 110 Å². The van der Waals surface area contributed by atoms with Gasteiger partial charge in [-0.1, -0.05) is 24.3 Å². The van der Waals surface area contributed by atoms with Gasteiger partial charge in [0.05, 0.1) is 10.2 Å². The zero-order chi connectivity index (χ0) is 12.3. The summed E-state index contributed by atoms with van der Waals surface area (Å²) in [5.74, 6) is 0. The van der Waals surface area contributed by atoms with Gasteiger partial charge in [0.25, 0.3) is 0 Å². The Bertz CT molecular complexity index is 511. The largest absolute Gasteiger partial charge is 0.369 e. The molecule has 0 radical (unpaired) electrons. The fourth-order valence-electron chi connectivity index (χ4n) is 1.81. The number of rotatable bonds is 3. The fraction of sp³-hybridized carbons (Fsp3) is 0.214. The Morgan fingerprint density at radius 3 is 2.71 bits per heavy atom. The van der Waals surface area contributed by atoms with Crippen molar-refractivity contribution in [3.63, 3.8) is 0 Å². The van der Waals surface area contributed by atoms with Gasteiger partial charge in [-0.3, -0.25) is 4.98 Å². The van der Waals surface area contributed by atoms with Gasteiger partial charge in [0, 0.05) is 26.0 Å². The van der Waals surface area contributed by atoms with E-state index in [1.807, 2.05) is 18.5 Å². The number of hydrogen-bond donors (Lipinski definition) is 0. The van der Waals surface area contributed by atoms with E-state index < -0.39 is 0 Å². The fourth-order valence-corrected chi connectivity index (χ4v) is 2.36. The highest BCUT2D eigenvalue weighted by molar-refractivity contribution is 9.10. The van der Waals surface area contributed by atoms with Crippen molar-refractivity contribution < 1.29 is 0 Å². The van der Waals surface area contributed by atoms with Crippen LogP contribution >= 0.6 is 15.9 Å². The number of hydrogen-bond acceptors (Lipinski definition) is 2. The predicted molar refractivity (Wildman–Crippen MR) is 75.2 cm³/mol. The van der Waals surface area contributed by atoms with Crippen LogP contribution in [0.3, 0.4) is 0 Å². The van der Waals surface area contributed by atoms with Gasteiger partial charge in [0.15, 0.2) is 0 Å². The first-order valence-electron chi connectivity index (χ1n) is 5.53. The Balaban J connectivity index is 2.20. The van der Waals surface area contributed by atoms with Gasteiger partial charge < -0.3 is 4.90 Å². The van der Waals surface area contributed by atoms with Crippen molar-refractivity contribution in [1.29, 1.82) is 0 Å². The highest BCUT2D eigenvalue weighted by Crippen LogP contribution is 2.25. The summed E-state index contributed by atoms with van der Waals surface area (Å²) in [5, 5.41) is 0. The zero-order valence-corrected chi connectivity index (χ0v) is 11.6. The summed E-state index contributed by atoms with van der Waals surface area (Å²) in [7, 11) is 2.09. The van der Waals surface area contributed by atoms with Crippen molar-refractivity contribution in [2.24, 2.45) is 0 Å². The molecule has 0 saturated heterocycles. The standard InChI is InChI=1S/C14H15BrN2/c1-11-5-3-4-6-12(11)10-17(2)14-7-8-16-9-13(14)15/h3-9H,10H2,1-2H3. The molecule has 1 aromatic carbocycles. The first-order valence-corrected chi connectivity index (χ1v) is 6.33. The lowest BCUT2D eigenvalue weighted by Gasteiger charge is -2.21. The molecule has 0 spiro atoms. The van der Waals surface area contributed by atoms with Crippen LogP contribution in [0.25, 0.3) is 0 Å². The third kappa shape index (κ3) is 2.86. The number of nitrogens with zero attached hydrogens (tertiary/aromatic N) is 2. The lowest BCUT2D eigenvalue weighted by atomic mass is 10.1. The lowest BCUT2D eigenvalue weighted by Crippen LogP contribution is -2.17. The lowest BCUT2D eigenvalue weighted by molar-refractivity contribution is 0.909. The average molecular weight is 291 g/mol. The summed E-state index contributed by atoms with van der Waals surface area (Å²) in [4.78, 5) is 6.29. The summed E-state index contributed by atoms with van der Waals surface area (Å²) in [5.41, 5.74) is 3.83. The van der Waals surface area contributed by atoms with Crippen molar-refractivity contribution in [3.05, 3.63) is 58.3 Å². The maximum absolute atomic E-state index is 4.08. The van der Waals surface area contributed by atoms with Gasteiger partial charge >= 0.3 is 0 Å². The van der Waals surface area contributed by atoms with Crippen LogP contribution in [-0.4, -0.2) is 12.0 Å². The summed E-state index contributed by atoms with van der Waals surface area (Å²) >= 11 is 3.52. The molecule has 0 amide bonds. The van der Waals surface area contributed by atoms with Gasteiger partial charge in [0.1, 0.15) is 0 Å². The topological polar surface area (TPSA) is 16.1 Å². The summed E-state index contributed by atoms with van der Waals surface area (Å²) in [6.07, 6.45) is 3.64. The molecule has 0 saturated carbocycles. The summed E-state index contributed by atoms with van der Waals surface area (Å²) < 4.78 is 1.02. The van der Waals surface area contributed by atoms with Gasteiger partial charge in [0.2, 0.25) is 0 Å². The maximum atomic E-state index is 4.08. The first kappa shape index (κ1) is 12.1. The summed E-state index contributed by atoms with van der Waals surface area (Å²) in [6.45, 7) is 3.04. The Kier molecular flexibility index (Phi) is 3.79. The molecule has 0 N–H and O–H groups in total. The van der Waals surface area contributed by atoms with Crippen molar-refractivity contribution in [2.75, 3.05) is 11.9 Å². The van der Waals surface area contributed by atoms with Crippen LogP contribution in [0.1, 0.15) is 11.1 Å². The van der Waals surface area contributed by atoms with E-state index in [0.717, 1.165) is 16.7 Å². The minimum atomic E-state index is 0.898. The molecule has 0 aliphatic rings. The Morgan fingerprint density at radius 2 is 2.00 bits per heavy atom. The van der Waals surface area contributed by atoms with Crippen LogP contribution in [0.2, 0.25) is 0 Å².